The lowest BCUT2D eigenvalue weighted by Gasteiger charge is -2.08. The van der Waals surface area contributed by atoms with E-state index in [0.29, 0.717) is 0 Å². The molecule has 6 nitrogen and oxygen atoms in total. The van der Waals surface area contributed by atoms with Gasteiger partial charge in [0.15, 0.2) is 0 Å². The highest BCUT2D eigenvalue weighted by Crippen LogP contribution is 2.28. The molecule has 2 aromatic heterocycles. The molecule has 0 aliphatic rings. The number of rotatable bonds is 5. The van der Waals surface area contributed by atoms with Crippen molar-refractivity contribution in [2.75, 3.05) is 11.9 Å². The van der Waals surface area contributed by atoms with E-state index in [1.807, 2.05) is 6.92 Å². The van der Waals surface area contributed by atoms with E-state index >= 15 is 0 Å². The molecule has 0 aliphatic carbocycles. The fraction of sp³-hybridized carbons (Fsp3) is 0.214. The van der Waals surface area contributed by atoms with Gasteiger partial charge in [-0.05, 0) is 24.6 Å². The first-order valence-electron chi connectivity index (χ1n) is 6.50. The van der Waals surface area contributed by atoms with Crippen LogP contribution in [-0.4, -0.2) is 21.6 Å². The molecule has 0 fully saturated rings. The van der Waals surface area contributed by atoms with E-state index in [-0.39, 0.29) is 24.0 Å². The number of nitrogens with zero attached hydrogens (tertiary/aromatic N) is 3. The second-order valence-electron chi connectivity index (χ2n) is 4.62. The molecule has 122 valence electrons. The molecule has 3 N–H and O–H groups in total. The van der Waals surface area contributed by atoms with Crippen LogP contribution < -0.4 is 15.8 Å². The van der Waals surface area contributed by atoms with E-state index in [1.165, 1.54) is 12.3 Å². The zero-order valence-corrected chi connectivity index (χ0v) is 12.1. The molecule has 0 spiro atoms. The predicted octanol–water partition coefficient (Wildman–Crippen LogP) is 2.49. The maximum Gasteiger partial charge on any atom is 0.433 e. The molecule has 0 aromatic carbocycles. The van der Waals surface area contributed by atoms with E-state index in [9.17, 15) is 13.2 Å². The standard InChI is InChI=1S/C14H14F3N5O/c1-9-5-21-13(22-6-9)23-8-10(18)7-20-11-2-3-19-12(4-11)14(15,16)17/h2-7H,8,18H2,1H3,(H,19,20)/b10-7-. The quantitative estimate of drug-likeness (QED) is 0.878. The third kappa shape index (κ3) is 5.13. The van der Waals surface area contributed by atoms with Crippen molar-refractivity contribution in [3.8, 4) is 6.01 Å². The van der Waals surface area contributed by atoms with Crippen LogP contribution in [0.1, 0.15) is 11.3 Å². The third-order valence-electron chi connectivity index (χ3n) is 2.60. The zero-order chi connectivity index (χ0) is 16.9. The monoisotopic (exact) mass is 325 g/mol. The van der Waals surface area contributed by atoms with Crippen LogP contribution in [0, 0.1) is 6.92 Å². The van der Waals surface area contributed by atoms with Gasteiger partial charge in [-0.1, -0.05) is 0 Å². The van der Waals surface area contributed by atoms with Gasteiger partial charge in [-0.25, -0.2) is 9.97 Å². The van der Waals surface area contributed by atoms with Crippen LogP contribution in [0.3, 0.4) is 0 Å². The maximum atomic E-state index is 12.5. The van der Waals surface area contributed by atoms with Crippen LogP contribution in [0.25, 0.3) is 0 Å². The van der Waals surface area contributed by atoms with E-state index < -0.39 is 11.9 Å². The first-order valence-corrected chi connectivity index (χ1v) is 6.50. The second kappa shape index (κ2) is 6.95. The van der Waals surface area contributed by atoms with Crippen molar-refractivity contribution < 1.29 is 17.9 Å². The summed E-state index contributed by atoms with van der Waals surface area (Å²) >= 11 is 0. The minimum atomic E-state index is -4.50. The van der Waals surface area contributed by atoms with Crippen molar-refractivity contribution in [2.45, 2.75) is 13.1 Å². The highest BCUT2D eigenvalue weighted by atomic mass is 19.4. The Labute approximate surface area is 130 Å². The van der Waals surface area contributed by atoms with Gasteiger partial charge in [-0.15, -0.1) is 0 Å². The van der Waals surface area contributed by atoms with Crippen molar-refractivity contribution in [3.63, 3.8) is 0 Å². The maximum absolute atomic E-state index is 12.5. The first-order chi connectivity index (χ1) is 10.8. The number of halogens is 3. The Hall–Kier alpha value is -2.84. The van der Waals surface area contributed by atoms with Gasteiger partial charge in [0.2, 0.25) is 0 Å². The van der Waals surface area contributed by atoms with E-state index in [4.69, 9.17) is 10.5 Å². The molecule has 0 aliphatic heterocycles. The zero-order valence-electron chi connectivity index (χ0n) is 12.1. The Morgan fingerprint density at radius 2 is 2.00 bits per heavy atom. The summed E-state index contributed by atoms with van der Waals surface area (Å²) in [6.07, 6.45) is 1.08. The molecular weight excluding hydrogens is 311 g/mol. The largest absolute Gasteiger partial charge is 0.457 e. The molecule has 2 aromatic rings. The number of nitrogens with two attached hydrogens (primary N) is 1. The summed E-state index contributed by atoms with van der Waals surface area (Å²) in [6, 6.07) is 2.44. The number of nitrogens with one attached hydrogen (secondary N) is 1. The molecule has 9 heteroatoms. The molecule has 0 unspecified atom stereocenters. The number of hydrogen-bond donors (Lipinski definition) is 2. The highest BCUT2D eigenvalue weighted by molar-refractivity contribution is 5.46. The molecule has 0 amide bonds. The van der Waals surface area contributed by atoms with Gasteiger partial charge in [0.05, 0.1) is 5.70 Å². The smallest absolute Gasteiger partial charge is 0.433 e. The number of aryl methyl sites for hydroxylation is 1. The Morgan fingerprint density at radius 1 is 1.30 bits per heavy atom. The van der Waals surface area contributed by atoms with E-state index in [1.54, 1.807) is 12.4 Å². The number of ether oxygens (including phenoxy) is 1. The summed E-state index contributed by atoms with van der Waals surface area (Å²) in [5.41, 5.74) is 6.08. The highest BCUT2D eigenvalue weighted by Gasteiger charge is 2.32. The average Bonchev–Trinajstić information content (AvgIpc) is 2.52. The average molecular weight is 325 g/mol. The molecule has 0 saturated heterocycles. The molecule has 23 heavy (non-hydrogen) atoms. The number of hydrogen-bond acceptors (Lipinski definition) is 6. The van der Waals surface area contributed by atoms with Crippen molar-refractivity contribution in [3.05, 3.63) is 53.9 Å². The minimum Gasteiger partial charge on any atom is -0.457 e. The lowest BCUT2D eigenvalue weighted by molar-refractivity contribution is -0.141. The van der Waals surface area contributed by atoms with Crippen molar-refractivity contribution in [2.24, 2.45) is 5.73 Å². The van der Waals surface area contributed by atoms with Crippen LogP contribution in [0.4, 0.5) is 18.9 Å². The van der Waals surface area contributed by atoms with E-state index in [2.05, 4.69) is 20.3 Å². The lowest BCUT2D eigenvalue weighted by atomic mass is 10.3. The second-order valence-corrected chi connectivity index (χ2v) is 4.62. The topological polar surface area (TPSA) is 86.0 Å². The van der Waals surface area contributed by atoms with Crippen molar-refractivity contribution in [1.82, 2.24) is 15.0 Å². The van der Waals surface area contributed by atoms with Crippen molar-refractivity contribution >= 4 is 5.69 Å². The Kier molecular flexibility index (Phi) is 4.99. The Bertz CT molecular complexity index is 686. The van der Waals surface area contributed by atoms with Gasteiger partial charge < -0.3 is 15.8 Å². The summed E-state index contributed by atoms with van der Waals surface area (Å²) in [5, 5.41) is 2.65. The molecular formula is C14H14F3N5O. The van der Waals surface area contributed by atoms with Gasteiger partial charge in [0.25, 0.3) is 0 Å². The van der Waals surface area contributed by atoms with Gasteiger partial charge >= 0.3 is 12.2 Å². The van der Waals surface area contributed by atoms with Gasteiger partial charge in [-0.2, -0.15) is 13.2 Å². The lowest BCUT2D eigenvalue weighted by Crippen LogP contribution is -2.12. The first kappa shape index (κ1) is 16.5. The predicted molar refractivity (Wildman–Crippen MR) is 77.4 cm³/mol. The molecule has 0 saturated carbocycles. The van der Waals surface area contributed by atoms with Crippen LogP contribution in [0.2, 0.25) is 0 Å². The number of alkyl halides is 3. The summed E-state index contributed by atoms with van der Waals surface area (Å²) in [6.45, 7) is 1.83. The minimum absolute atomic E-state index is 0.00667. The van der Waals surface area contributed by atoms with Crippen molar-refractivity contribution in [1.29, 1.82) is 0 Å². The Balaban J connectivity index is 1.93. The molecule has 2 rings (SSSR count). The SMILES string of the molecule is Cc1cnc(OC/C(N)=C/Nc2ccnc(C(F)(F)F)c2)nc1. The summed E-state index contributed by atoms with van der Waals surface area (Å²) in [4.78, 5) is 11.1. The fourth-order valence-corrected chi connectivity index (χ4v) is 1.50. The molecule has 0 radical (unpaired) electrons. The fourth-order valence-electron chi connectivity index (χ4n) is 1.50. The molecule has 0 bridgehead atoms. The van der Waals surface area contributed by atoms with Gasteiger partial charge in [-0.3, -0.25) is 4.98 Å². The normalized spacial score (nSPS) is 12.1. The van der Waals surface area contributed by atoms with Gasteiger partial charge in [0, 0.05) is 30.5 Å². The van der Waals surface area contributed by atoms with Crippen LogP contribution >= 0.6 is 0 Å². The van der Waals surface area contributed by atoms with Crippen LogP contribution in [-0.2, 0) is 6.18 Å². The summed E-state index contributed by atoms with van der Waals surface area (Å²) in [7, 11) is 0. The van der Waals surface area contributed by atoms with Crippen LogP contribution in [0.5, 0.6) is 6.01 Å². The number of pyridine rings is 1. The number of aromatic nitrogens is 3. The summed E-state index contributed by atoms with van der Waals surface area (Å²) < 4.78 is 42.9. The third-order valence-corrected chi connectivity index (χ3v) is 2.60. The number of anilines is 1. The molecule has 0 atom stereocenters. The Morgan fingerprint density at radius 3 is 2.65 bits per heavy atom. The van der Waals surface area contributed by atoms with Gasteiger partial charge in [0.1, 0.15) is 12.3 Å². The van der Waals surface area contributed by atoms with E-state index in [0.717, 1.165) is 17.8 Å². The van der Waals surface area contributed by atoms with Crippen LogP contribution in [0.15, 0.2) is 42.6 Å². The molecule has 2 heterocycles. The summed E-state index contributed by atoms with van der Waals surface area (Å²) in [5.74, 6) is 0.